The fourth-order valence-electron chi connectivity index (χ4n) is 1.36. The SMILES string of the molecule is Nc1ccc(-n2nc(C(F)(F)F)cc2OC(F)F)nc1. The summed E-state index contributed by atoms with van der Waals surface area (Å²) in [7, 11) is 0. The molecule has 0 aliphatic heterocycles. The lowest BCUT2D eigenvalue weighted by molar-refractivity contribution is -0.141. The summed E-state index contributed by atoms with van der Waals surface area (Å²) in [6, 6.07) is 2.93. The first-order chi connectivity index (χ1) is 9.27. The van der Waals surface area contributed by atoms with Gasteiger partial charge < -0.3 is 10.5 Å². The van der Waals surface area contributed by atoms with Gasteiger partial charge in [-0.3, -0.25) is 0 Å². The third-order valence-corrected chi connectivity index (χ3v) is 2.16. The summed E-state index contributed by atoms with van der Waals surface area (Å²) in [4.78, 5) is 3.70. The predicted molar refractivity (Wildman–Crippen MR) is 57.4 cm³/mol. The third-order valence-electron chi connectivity index (χ3n) is 2.16. The van der Waals surface area contributed by atoms with Crippen molar-refractivity contribution in [1.29, 1.82) is 0 Å². The number of anilines is 1. The van der Waals surface area contributed by atoms with E-state index in [0.717, 1.165) is 6.20 Å². The van der Waals surface area contributed by atoms with Crippen molar-refractivity contribution in [1.82, 2.24) is 14.8 Å². The van der Waals surface area contributed by atoms with Gasteiger partial charge in [0.05, 0.1) is 11.9 Å². The smallest absolute Gasteiger partial charge is 0.417 e. The highest BCUT2D eigenvalue weighted by Crippen LogP contribution is 2.32. The Balaban J connectivity index is 2.49. The van der Waals surface area contributed by atoms with Crippen LogP contribution in [-0.4, -0.2) is 21.4 Å². The summed E-state index contributed by atoms with van der Waals surface area (Å²) in [6.45, 7) is -3.29. The number of ether oxygens (including phenoxy) is 1. The van der Waals surface area contributed by atoms with Crippen LogP contribution in [0.3, 0.4) is 0 Å². The molecule has 0 fully saturated rings. The highest BCUT2D eigenvalue weighted by molar-refractivity contribution is 5.40. The van der Waals surface area contributed by atoms with Crippen LogP contribution in [0.15, 0.2) is 24.4 Å². The second kappa shape index (κ2) is 4.94. The molecule has 20 heavy (non-hydrogen) atoms. The first kappa shape index (κ1) is 14.0. The number of nitrogens with two attached hydrogens (primary N) is 1. The number of pyridine rings is 1. The van der Waals surface area contributed by atoms with E-state index < -0.39 is 24.4 Å². The molecule has 0 aliphatic carbocycles. The van der Waals surface area contributed by atoms with Crippen molar-refractivity contribution in [2.75, 3.05) is 5.73 Å². The van der Waals surface area contributed by atoms with E-state index in [1.54, 1.807) is 0 Å². The molecular weight excluding hydrogens is 287 g/mol. The van der Waals surface area contributed by atoms with Gasteiger partial charge in [-0.05, 0) is 12.1 Å². The van der Waals surface area contributed by atoms with E-state index >= 15 is 0 Å². The topological polar surface area (TPSA) is 66.0 Å². The van der Waals surface area contributed by atoms with Crippen LogP contribution in [0, 0.1) is 0 Å². The van der Waals surface area contributed by atoms with Crippen LogP contribution < -0.4 is 10.5 Å². The third kappa shape index (κ3) is 2.95. The zero-order valence-electron chi connectivity index (χ0n) is 9.60. The van der Waals surface area contributed by atoms with Gasteiger partial charge in [0.15, 0.2) is 11.5 Å². The fraction of sp³-hybridized carbons (Fsp3) is 0.200. The number of hydrogen-bond donors (Lipinski definition) is 1. The summed E-state index contributed by atoms with van der Waals surface area (Å²) in [5, 5.41) is 3.16. The second-order valence-corrected chi connectivity index (χ2v) is 3.61. The molecule has 2 rings (SSSR count). The van der Waals surface area contributed by atoms with Crippen LogP contribution in [0.25, 0.3) is 5.82 Å². The molecule has 2 heterocycles. The number of nitrogens with zero attached hydrogens (tertiary/aromatic N) is 3. The molecule has 0 atom stereocenters. The quantitative estimate of drug-likeness (QED) is 0.883. The Hall–Kier alpha value is -2.39. The maximum absolute atomic E-state index is 12.5. The molecule has 2 aromatic heterocycles. The van der Waals surface area contributed by atoms with E-state index in [0.29, 0.717) is 10.7 Å². The van der Waals surface area contributed by atoms with Crippen LogP contribution in [0.4, 0.5) is 27.6 Å². The van der Waals surface area contributed by atoms with E-state index in [1.165, 1.54) is 12.1 Å². The first-order valence-corrected chi connectivity index (χ1v) is 5.11. The van der Waals surface area contributed by atoms with Gasteiger partial charge in [0.25, 0.3) is 0 Å². The zero-order valence-corrected chi connectivity index (χ0v) is 9.60. The van der Waals surface area contributed by atoms with Gasteiger partial charge in [0.1, 0.15) is 0 Å². The van der Waals surface area contributed by atoms with Crippen LogP contribution in [0.5, 0.6) is 5.88 Å². The Morgan fingerprint density at radius 1 is 1.25 bits per heavy atom. The van der Waals surface area contributed by atoms with Crippen LogP contribution in [-0.2, 0) is 6.18 Å². The molecule has 5 nitrogen and oxygen atoms in total. The highest BCUT2D eigenvalue weighted by atomic mass is 19.4. The van der Waals surface area contributed by atoms with E-state index in [-0.39, 0.29) is 11.5 Å². The second-order valence-electron chi connectivity index (χ2n) is 3.61. The summed E-state index contributed by atoms with van der Waals surface area (Å²) in [6.07, 6.45) is -3.64. The van der Waals surface area contributed by atoms with Gasteiger partial charge in [-0.1, -0.05) is 0 Å². The van der Waals surface area contributed by atoms with Crippen molar-refractivity contribution in [3.8, 4) is 11.7 Å². The molecule has 0 unspecified atom stereocenters. The van der Waals surface area contributed by atoms with E-state index in [4.69, 9.17) is 5.73 Å². The molecule has 0 bridgehead atoms. The van der Waals surface area contributed by atoms with Gasteiger partial charge in [-0.15, -0.1) is 0 Å². The molecule has 0 spiro atoms. The zero-order chi connectivity index (χ0) is 14.9. The molecule has 2 aromatic rings. The highest BCUT2D eigenvalue weighted by Gasteiger charge is 2.36. The van der Waals surface area contributed by atoms with E-state index in [1.807, 2.05) is 0 Å². The number of rotatable bonds is 3. The van der Waals surface area contributed by atoms with Gasteiger partial charge in [0.2, 0.25) is 5.88 Å². The standard InChI is InChI=1S/C10H7F5N4O/c11-9(12)20-8-3-6(10(13,14)15)18-19(8)7-2-1-5(16)4-17-7/h1-4,9H,16H2. The van der Waals surface area contributed by atoms with Crippen molar-refractivity contribution < 1.29 is 26.7 Å². The first-order valence-electron chi connectivity index (χ1n) is 5.11. The Labute approximate surface area is 108 Å². The molecule has 108 valence electrons. The van der Waals surface area contributed by atoms with Crippen LogP contribution in [0.1, 0.15) is 5.69 Å². The number of aromatic nitrogens is 3. The molecule has 0 amide bonds. The monoisotopic (exact) mass is 294 g/mol. The lowest BCUT2D eigenvalue weighted by Crippen LogP contribution is -2.10. The predicted octanol–water partition coefficient (Wildman–Crippen LogP) is 2.47. The number of hydrogen-bond acceptors (Lipinski definition) is 4. The molecular formula is C10H7F5N4O. The molecule has 0 saturated heterocycles. The van der Waals surface area contributed by atoms with Gasteiger partial charge in [-0.2, -0.15) is 31.7 Å². The van der Waals surface area contributed by atoms with Gasteiger partial charge >= 0.3 is 12.8 Å². The minimum atomic E-state index is -4.79. The molecule has 0 aromatic carbocycles. The summed E-state index contributed by atoms with van der Waals surface area (Å²) in [5.74, 6) is -0.907. The molecule has 0 radical (unpaired) electrons. The number of halogens is 5. The summed E-state index contributed by atoms with van der Waals surface area (Å²) in [5.41, 5.74) is 4.26. The largest absolute Gasteiger partial charge is 0.435 e. The van der Waals surface area contributed by atoms with Gasteiger partial charge in [0, 0.05) is 6.07 Å². The van der Waals surface area contributed by atoms with E-state index in [9.17, 15) is 22.0 Å². The maximum Gasteiger partial charge on any atom is 0.435 e. The lowest BCUT2D eigenvalue weighted by atomic mass is 10.4. The van der Waals surface area contributed by atoms with Crippen molar-refractivity contribution in [2.24, 2.45) is 0 Å². The van der Waals surface area contributed by atoms with Crippen LogP contribution in [0.2, 0.25) is 0 Å². The van der Waals surface area contributed by atoms with Crippen molar-refractivity contribution in [3.05, 3.63) is 30.1 Å². The Morgan fingerprint density at radius 3 is 2.45 bits per heavy atom. The Kier molecular flexibility index (Phi) is 3.47. The number of alkyl halides is 5. The van der Waals surface area contributed by atoms with Crippen molar-refractivity contribution in [3.63, 3.8) is 0 Å². The normalized spacial score (nSPS) is 11.9. The molecule has 10 heteroatoms. The molecule has 0 saturated carbocycles. The molecule has 0 aliphatic rings. The lowest BCUT2D eigenvalue weighted by Gasteiger charge is -2.07. The average Bonchev–Trinajstić information content (AvgIpc) is 2.73. The van der Waals surface area contributed by atoms with Gasteiger partial charge in [-0.25, -0.2) is 4.98 Å². The Bertz CT molecular complexity index is 593. The van der Waals surface area contributed by atoms with Crippen molar-refractivity contribution >= 4 is 5.69 Å². The van der Waals surface area contributed by atoms with Crippen molar-refractivity contribution in [2.45, 2.75) is 12.8 Å². The fourth-order valence-corrected chi connectivity index (χ4v) is 1.36. The van der Waals surface area contributed by atoms with Crippen LogP contribution >= 0.6 is 0 Å². The minimum Gasteiger partial charge on any atom is -0.417 e. The Morgan fingerprint density at radius 2 is 1.95 bits per heavy atom. The number of nitrogen functional groups attached to an aromatic ring is 1. The maximum atomic E-state index is 12.5. The average molecular weight is 294 g/mol. The summed E-state index contributed by atoms with van der Waals surface area (Å²) >= 11 is 0. The molecule has 2 N–H and O–H groups in total. The minimum absolute atomic E-state index is 0.134. The van der Waals surface area contributed by atoms with E-state index in [2.05, 4.69) is 14.8 Å². The summed E-state index contributed by atoms with van der Waals surface area (Å²) < 4.78 is 66.5.